The average molecular weight is 323 g/mol. The van der Waals surface area contributed by atoms with Crippen LogP contribution >= 0.6 is 0 Å². The third-order valence-electron chi connectivity index (χ3n) is 3.02. The molecule has 1 N–H and O–H groups in total. The van der Waals surface area contributed by atoms with Crippen LogP contribution in [-0.4, -0.2) is 29.8 Å². The van der Waals surface area contributed by atoms with Crippen LogP contribution in [0.5, 0.6) is 0 Å². The summed E-state index contributed by atoms with van der Waals surface area (Å²) in [5.74, 6) is -0.0986. The molecule has 0 aliphatic heterocycles. The fraction of sp³-hybridized carbons (Fsp3) is 0.357. The van der Waals surface area contributed by atoms with Crippen LogP contribution < -0.4 is 5.32 Å². The van der Waals surface area contributed by atoms with Gasteiger partial charge in [0.05, 0.1) is 10.1 Å². The molecular formula is C14H17N3O4S. The number of carbonyl (C=O) groups excluding carboxylic acids is 1. The zero-order valence-electron chi connectivity index (χ0n) is 12.5. The van der Waals surface area contributed by atoms with E-state index >= 15 is 0 Å². The number of carbonyl (C=O) groups is 1. The van der Waals surface area contributed by atoms with E-state index in [1.54, 1.807) is 32.9 Å². The fourth-order valence-corrected chi connectivity index (χ4v) is 2.78. The number of hydrogen-bond donors (Lipinski definition) is 1. The van der Waals surface area contributed by atoms with E-state index in [0.717, 1.165) is 0 Å². The standard InChI is InChI=1S/C14H17N3O4S/c1-4-12(18)15-14-17-16-13(21-14)10-6-5-7-11(8-10)22(19,20)9(2)3/h5-9H,4H2,1-3H3,(H,15,17,18). The molecule has 118 valence electrons. The van der Waals surface area contributed by atoms with Crippen LogP contribution in [-0.2, 0) is 14.6 Å². The van der Waals surface area contributed by atoms with Crippen LogP contribution in [0.25, 0.3) is 11.5 Å². The Kier molecular flexibility index (Phi) is 4.60. The lowest BCUT2D eigenvalue weighted by molar-refractivity contribution is -0.116. The van der Waals surface area contributed by atoms with Crippen LogP contribution in [0.1, 0.15) is 27.2 Å². The molecule has 0 spiro atoms. The highest BCUT2D eigenvalue weighted by Crippen LogP contribution is 2.24. The summed E-state index contributed by atoms with van der Waals surface area (Å²) in [5, 5.41) is 9.45. The summed E-state index contributed by atoms with van der Waals surface area (Å²) in [4.78, 5) is 11.5. The molecule has 7 nitrogen and oxygen atoms in total. The quantitative estimate of drug-likeness (QED) is 0.905. The predicted octanol–water partition coefficient (Wildman–Crippen LogP) is 2.27. The van der Waals surface area contributed by atoms with Gasteiger partial charge in [-0.2, -0.15) is 0 Å². The first kappa shape index (κ1) is 16.2. The molecule has 2 aromatic rings. The summed E-state index contributed by atoms with van der Waals surface area (Å²) in [7, 11) is -3.38. The van der Waals surface area contributed by atoms with Crippen molar-refractivity contribution in [2.24, 2.45) is 0 Å². The fourth-order valence-electron chi connectivity index (χ4n) is 1.68. The zero-order valence-corrected chi connectivity index (χ0v) is 13.3. The van der Waals surface area contributed by atoms with E-state index in [0.29, 0.717) is 12.0 Å². The molecule has 0 aliphatic carbocycles. The highest BCUT2D eigenvalue weighted by molar-refractivity contribution is 7.92. The number of benzene rings is 1. The van der Waals surface area contributed by atoms with Crippen molar-refractivity contribution >= 4 is 21.8 Å². The summed E-state index contributed by atoms with van der Waals surface area (Å²) in [5.41, 5.74) is 0.478. The van der Waals surface area contributed by atoms with E-state index in [2.05, 4.69) is 15.5 Å². The summed E-state index contributed by atoms with van der Waals surface area (Å²) < 4.78 is 29.7. The van der Waals surface area contributed by atoms with E-state index in [-0.39, 0.29) is 22.7 Å². The lowest BCUT2D eigenvalue weighted by Gasteiger charge is -2.08. The minimum absolute atomic E-state index is 0.0148. The third-order valence-corrected chi connectivity index (χ3v) is 5.17. The highest BCUT2D eigenvalue weighted by atomic mass is 32.2. The first-order chi connectivity index (χ1) is 10.3. The van der Waals surface area contributed by atoms with Gasteiger partial charge in [0.15, 0.2) is 9.84 Å². The van der Waals surface area contributed by atoms with Gasteiger partial charge in [0.25, 0.3) is 0 Å². The van der Waals surface area contributed by atoms with Gasteiger partial charge in [-0.05, 0) is 32.0 Å². The number of anilines is 1. The average Bonchev–Trinajstić information content (AvgIpc) is 2.95. The van der Waals surface area contributed by atoms with Crippen molar-refractivity contribution in [2.75, 3.05) is 5.32 Å². The normalized spacial score (nSPS) is 11.6. The number of aromatic nitrogens is 2. The number of nitrogens with zero attached hydrogens (tertiary/aromatic N) is 2. The Morgan fingerprint density at radius 2 is 2.05 bits per heavy atom. The Hall–Kier alpha value is -2.22. The van der Waals surface area contributed by atoms with Gasteiger partial charge < -0.3 is 4.42 Å². The molecule has 1 heterocycles. The van der Waals surface area contributed by atoms with Gasteiger partial charge in [0.2, 0.25) is 11.8 Å². The summed E-state index contributed by atoms with van der Waals surface area (Å²) >= 11 is 0. The summed E-state index contributed by atoms with van der Waals surface area (Å²) in [6, 6.07) is 6.26. The molecule has 0 fully saturated rings. The lowest BCUT2D eigenvalue weighted by Crippen LogP contribution is -2.13. The molecule has 1 amide bonds. The number of nitrogens with one attached hydrogen (secondary N) is 1. The highest BCUT2D eigenvalue weighted by Gasteiger charge is 2.20. The molecule has 0 saturated carbocycles. The zero-order chi connectivity index (χ0) is 16.3. The first-order valence-electron chi connectivity index (χ1n) is 6.82. The van der Waals surface area contributed by atoms with Crippen molar-refractivity contribution < 1.29 is 17.6 Å². The van der Waals surface area contributed by atoms with Crippen molar-refractivity contribution in [3.8, 4) is 11.5 Å². The molecule has 0 atom stereocenters. The minimum Gasteiger partial charge on any atom is -0.403 e. The molecule has 22 heavy (non-hydrogen) atoms. The molecule has 1 aromatic carbocycles. The van der Waals surface area contributed by atoms with E-state index in [4.69, 9.17) is 4.42 Å². The topological polar surface area (TPSA) is 102 Å². The number of amides is 1. The van der Waals surface area contributed by atoms with Gasteiger partial charge in [-0.1, -0.05) is 18.1 Å². The SMILES string of the molecule is CCC(=O)Nc1nnc(-c2cccc(S(=O)(=O)C(C)C)c2)o1. The molecule has 0 bridgehead atoms. The summed E-state index contributed by atoms with van der Waals surface area (Å²) in [6.07, 6.45) is 0.291. The second-order valence-electron chi connectivity index (χ2n) is 4.94. The largest absolute Gasteiger partial charge is 0.403 e. The molecule has 0 unspecified atom stereocenters. The minimum atomic E-state index is -3.38. The number of rotatable bonds is 5. The van der Waals surface area contributed by atoms with Gasteiger partial charge in [-0.15, -0.1) is 5.10 Å². The maximum absolute atomic E-state index is 12.2. The van der Waals surface area contributed by atoms with Crippen molar-refractivity contribution in [1.29, 1.82) is 0 Å². The Bertz CT molecular complexity index is 781. The van der Waals surface area contributed by atoms with Gasteiger partial charge in [0.1, 0.15) is 0 Å². The number of hydrogen-bond acceptors (Lipinski definition) is 6. The second-order valence-corrected chi connectivity index (χ2v) is 7.44. The van der Waals surface area contributed by atoms with Crippen molar-refractivity contribution in [2.45, 2.75) is 37.3 Å². The van der Waals surface area contributed by atoms with Gasteiger partial charge in [-0.3, -0.25) is 10.1 Å². The van der Waals surface area contributed by atoms with Gasteiger partial charge in [0, 0.05) is 12.0 Å². The molecule has 2 rings (SSSR count). The summed E-state index contributed by atoms with van der Waals surface area (Å²) in [6.45, 7) is 4.94. The maximum atomic E-state index is 12.2. The number of sulfone groups is 1. The van der Waals surface area contributed by atoms with Gasteiger partial charge in [-0.25, -0.2) is 8.42 Å². The molecule has 0 aliphatic rings. The van der Waals surface area contributed by atoms with Crippen LogP contribution in [0, 0.1) is 0 Å². The van der Waals surface area contributed by atoms with Crippen LogP contribution in [0.4, 0.5) is 6.01 Å². The van der Waals surface area contributed by atoms with E-state index < -0.39 is 15.1 Å². The van der Waals surface area contributed by atoms with Crippen LogP contribution in [0.15, 0.2) is 33.6 Å². The lowest BCUT2D eigenvalue weighted by atomic mass is 10.2. The first-order valence-corrected chi connectivity index (χ1v) is 8.37. The Morgan fingerprint density at radius 3 is 2.68 bits per heavy atom. The van der Waals surface area contributed by atoms with Crippen molar-refractivity contribution in [3.63, 3.8) is 0 Å². The van der Waals surface area contributed by atoms with Crippen LogP contribution in [0.2, 0.25) is 0 Å². The third kappa shape index (κ3) is 3.33. The molecule has 8 heteroatoms. The van der Waals surface area contributed by atoms with E-state index in [1.165, 1.54) is 12.1 Å². The van der Waals surface area contributed by atoms with Crippen molar-refractivity contribution in [3.05, 3.63) is 24.3 Å². The Balaban J connectivity index is 2.33. The second kappa shape index (κ2) is 6.27. The van der Waals surface area contributed by atoms with Gasteiger partial charge >= 0.3 is 6.01 Å². The van der Waals surface area contributed by atoms with E-state index in [1.807, 2.05) is 0 Å². The molecule has 1 aromatic heterocycles. The maximum Gasteiger partial charge on any atom is 0.322 e. The predicted molar refractivity (Wildman–Crippen MR) is 81.0 cm³/mol. The van der Waals surface area contributed by atoms with Crippen molar-refractivity contribution in [1.82, 2.24) is 10.2 Å². The van der Waals surface area contributed by atoms with E-state index in [9.17, 15) is 13.2 Å². The molecule has 0 radical (unpaired) electrons. The molecule has 0 saturated heterocycles. The Morgan fingerprint density at radius 1 is 1.32 bits per heavy atom. The van der Waals surface area contributed by atoms with Crippen LogP contribution in [0.3, 0.4) is 0 Å². The molecular weight excluding hydrogens is 306 g/mol. The monoisotopic (exact) mass is 323 g/mol. The smallest absolute Gasteiger partial charge is 0.322 e. The Labute approximate surface area is 128 Å².